The molecule has 17 heavy (non-hydrogen) atoms. The van der Waals surface area contributed by atoms with Crippen molar-refractivity contribution < 1.29 is 4.79 Å². The second kappa shape index (κ2) is 5.23. The van der Waals surface area contributed by atoms with E-state index in [2.05, 4.69) is 24.0 Å². The normalized spacial score (nSPS) is 19.1. The lowest BCUT2D eigenvalue weighted by molar-refractivity contribution is -0.117. The Hall–Kier alpha value is -0.810. The topological polar surface area (TPSA) is 32.3 Å². The second-order valence-electron chi connectivity index (χ2n) is 3.91. The Morgan fingerprint density at radius 2 is 2.29 bits per heavy atom. The van der Waals surface area contributed by atoms with Crippen molar-refractivity contribution in [2.24, 2.45) is 0 Å². The number of carbonyl (C=O) groups is 1. The summed E-state index contributed by atoms with van der Waals surface area (Å²) in [7, 11) is 1.88. The molecule has 0 bridgehead atoms. The van der Waals surface area contributed by atoms with Crippen molar-refractivity contribution in [1.29, 1.82) is 0 Å². The van der Waals surface area contributed by atoms with Crippen molar-refractivity contribution in [3.05, 3.63) is 18.2 Å². The Morgan fingerprint density at radius 3 is 2.94 bits per heavy atom. The molecule has 1 aromatic carbocycles. The Bertz CT molecular complexity index is 437. The first-order valence-corrected chi connectivity index (χ1v) is 7.09. The number of hydrogen-bond donors (Lipinski definition) is 2. The highest BCUT2D eigenvalue weighted by Gasteiger charge is 2.30. The van der Waals surface area contributed by atoms with E-state index in [1.807, 2.05) is 31.0 Å². The maximum absolute atomic E-state index is 12.1. The number of nitrogens with one attached hydrogen (secondary N) is 1. The minimum Gasteiger partial charge on any atom is -0.388 e. The fourth-order valence-corrected chi connectivity index (χ4v) is 3.14. The van der Waals surface area contributed by atoms with Gasteiger partial charge in [0.1, 0.15) is 0 Å². The Kier molecular flexibility index (Phi) is 3.89. The van der Waals surface area contributed by atoms with E-state index >= 15 is 0 Å². The smallest absolute Gasteiger partial charge is 0.240 e. The number of nitrogens with zero attached hydrogens (tertiary/aromatic N) is 1. The zero-order valence-electron chi connectivity index (χ0n) is 9.93. The van der Waals surface area contributed by atoms with Crippen LogP contribution in [0.15, 0.2) is 23.1 Å². The molecule has 0 saturated carbocycles. The molecule has 2 rings (SSSR count). The molecule has 1 aromatic rings. The van der Waals surface area contributed by atoms with E-state index in [-0.39, 0.29) is 11.2 Å². The number of benzene rings is 1. The molecule has 0 spiro atoms. The SMILES string of the molecule is CNc1ccc2c(c1)N(CCS)C(=O)C(C)S2. The number of carbonyl (C=O) groups excluding carboxylic acids is 1. The second-order valence-corrected chi connectivity index (χ2v) is 5.74. The summed E-state index contributed by atoms with van der Waals surface area (Å²) >= 11 is 5.85. The molecule has 0 saturated heterocycles. The number of fused-ring (bicyclic) bond motifs is 1. The number of thioether (sulfide) groups is 1. The Labute approximate surface area is 111 Å². The Morgan fingerprint density at radius 1 is 1.53 bits per heavy atom. The number of amides is 1. The summed E-state index contributed by atoms with van der Waals surface area (Å²) in [5, 5.41) is 3.09. The third kappa shape index (κ3) is 2.40. The predicted molar refractivity (Wildman–Crippen MR) is 77.5 cm³/mol. The van der Waals surface area contributed by atoms with Crippen molar-refractivity contribution in [3.63, 3.8) is 0 Å². The highest BCUT2D eigenvalue weighted by atomic mass is 32.2. The number of rotatable bonds is 3. The van der Waals surface area contributed by atoms with Crippen LogP contribution >= 0.6 is 24.4 Å². The van der Waals surface area contributed by atoms with Gasteiger partial charge in [-0.05, 0) is 25.1 Å². The molecule has 0 aliphatic carbocycles. The molecule has 0 fully saturated rings. The van der Waals surface area contributed by atoms with Gasteiger partial charge in [0.25, 0.3) is 0 Å². The van der Waals surface area contributed by atoms with E-state index in [9.17, 15) is 4.79 Å². The lowest BCUT2D eigenvalue weighted by atomic mass is 10.2. The average molecular weight is 268 g/mol. The van der Waals surface area contributed by atoms with Crippen LogP contribution in [-0.2, 0) is 4.79 Å². The third-order valence-electron chi connectivity index (χ3n) is 2.78. The van der Waals surface area contributed by atoms with Crippen LogP contribution in [0.25, 0.3) is 0 Å². The molecule has 1 aliphatic rings. The fraction of sp³-hybridized carbons (Fsp3) is 0.417. The molecule has 0 radical (unpaired) electrons. The van der Waals surface area contributed by atoms with E-state index < -0.39 is 0 Å². The summed E-state index contributed by atoms with van der Waals surface area (Å²) in [5.41, 5.74) is 2.02. The van der Waals surface area contributed by atoms with E-state index in [1.165, 1.54) is 0 Å². The van der Waals surface area contributed by atoms with Crippen LogP contribution in [0.1, 0.15) is 6.92 Å². The minimum atomic E-state index is -0.0113. The highest BCUT2D eigenvalue weighted by molar-refractivity contribution is 8.01. The molecule has 1 amide bonds. The van der Waals surface area contributed by atoms with Gasteiger partial charge >= 0.3 is 0 Å². The van der Waals surface area contributed by atoms with Crippen LogP contribution in [0.2, 0.25) is 0 Å². The molecule has 1 atom stereocenters. The van der Waals surface area contributed by atoms with Crippen molar-refractivity contribution >= 4 is 41.7 Å². The van der Waals surface area contributed by atoms with Gasteiger partial charge < -0.3 is 10.2 Å². The van der Waals surface area contributed by atoms with Crippen LogP contribution < -0.4 is 10.2 Å². The lowest BCUT2D eigenvalue weighted by Crippen LogP contribution is -2.40. The molecule has 3 nitrogen and oxygen atoms in total. The van der Waals surface area contributed by atoms with Crippen molar-refractivity contribution in [1.82, 2.24) is 0 Å². The number of thiol groups is 1. The molecule has 92 valence electrons. The molecule has 1 unspecified atom stereocenters. The first-order chi connectivity index (χ1) is 8.17. The van der Waals surface area contributed by atoms with Crippen LogP contribution in [0.4, 0.5) is 11.4 Å². The zero-order valence-corrected chi connectivity index (χ0v) is 11.6. The molecular formula is C12H16N2OS2. The molecule has 1 heterocycles. The summed E-state index contributed by atoms with van der Waals surface area (Å²) in [6.45, 7) is 2.61. The molecule has 0 aromatic heterocycles. The summed E-state index contributed by atoms with van der Waals surface area (Å²) in [6.07, 6.45) is 0. The van der Waals surface area contributed by atoms with Gasteiger partial charge in [-0.2, -0.15) is 12.6 Å². The molecule has 1 aliphatic heterocycles. The van der Waals surface area contributed by atoms with Crippen LogP contribution in [0.3, 0.4) is 0 Å². The third-order valence-corrected chi connectivity index (χ3v) is 4.13. The van der Waals surface area contributed by atoms with E-state index in [4.69, 9.17) is 0 Å². The summed E-state index contributed by atoms with van der Waals surface area (Å²) in [6, 6.07) is 6.13. The van der Waals surface area contributed by atoms with Gasteiger partial charge in [0.05, 0.1) is 10.9 Å². The van der Waals surface area contributed by atoms with Crippen LogP contribution in [0, 0.1) is 0 Å². The Balaban J connectivity index is 2.43. The van der Waals surface area contributed by atoms with Crippen LogP contribution in [-0.4, -0.2) is 30.5 Å². The minimum absolute atomic E-state index is 0.0113. The van der Waals surface area contributed by atoms with E-state index in [1.54, 1.807) is 11.8 Å². The monoisotopic (exact) mass is 268 g/mol. The highest BCUT2D eigenvalue weighted by Crippen LogP contribution is 2.40. The van der Waals surface area contributed by atoms with Gasteiger partial charge in [-0.1, -0.05) is 0 Å². The molecular weight excluding hydrogens is 252 g/mol. The van der Waals surface area contributed by atoms with Gasteiger partial charge in [0.15, 0.2) is 0 Å². The molecule has 1 N–H and O–H groups in total. The zero-order chi connectivity index (χ0) is 12.4. The van der Waals surface area contributed by atoms with Gasteiger partial charge in [-0.15, -0.1) is 11.8 Å². The van der Waals surface area contributed by atoms with Crippen LogP contribution in [0.5, 0.6) is 0 Å². The lowest BCUT2D eigenvalue weighted by Gasteiger charge is -2.32. The van der Waals surface area contributed by atoms with Crippen molar-refractivity contribution in [2.45, 2.75) is 17.1 Å². The largest absolute Gasteiger partial charge is 0.388 e. The first-order valence-electron chi connectivity index (χ1n) is 5.58. The first kappa shape index (κ1) is 12.6. The van der Waals surface area contributed by atoms with Crippen molar-refractivity contribution in [3.8, 4) is 0 Å². The maximum Gasteiger partial charge on any atom is 0.240 e. The van der Waals surface area contributed by atoms with Gasteiger partial charge in [-0.25, -0.2) is 0 Å². The number of hydrogen-bond acceptors (Lipinski definition) is 4. The van der Waals surface area contributed by atoms with E-state index in [0.717, 1.165) is 16.3 Å². The number of anilines is 2. The summed E-state index contributed by atoms with van der Waals surface area (Å²) in [4.78, 5) is 15.1. The van der Waals surface area contributed by atoms with Gasteiger partial charge in [0.2, 0.25) is 5.91 Å². The van der Waals surface area contributed by atoms with Gasteiger partial charge in [-0.3, -0.25) is 4.79 Å². The predicted octanol–water partition coefficient (Wildman–Crippen LogP) is 2.49. The summed E-state index contributed by atoms with van der Waals surface area (Å²) in [5.74, 6) is 0.844. The summed E-state index contributed by atoms with van der Waals surface area (Å²) < 4.78 is 0. The van der Waals surface area contributed by atoms with Crippen molar-refractivity contribution in [2.75, 3.05) is 29.6 Å². The standard InChI is InChI=1S/C12H16N2OS2/c1-8-12(15)14(5-6-16)10-7-9(13-2)3-4-11(10)17-8/h3-4,7-8,13,16H,5-6H2,1-2H3. The quantitative estimate of drug-likeness (QED) is 0.826. The van der Waals surface area contributed by atoms with E-state index in [0.29, 0.717) is 12.3 Å². The molecule has 5 heteroatoms. The average Bonchev–Trinajstić information content (AvgIpc) is 2.34. The maximum atomic E-state index is 12.1. The van der Waals surface area contributed by atoms with Gasteiger partial charge in [0, 0.05) is 29.9 Å². The fourth-order valence-electron chi connectivity index (χ4n) is 1.89.